The minimum Gasteiger partial charge on any atom is -0.313 e. The number of allylic oxidation sites excluding steroid dienone is 4. The Kier molecular flexibility index (Phi) is 11.3. The lowest BCUT2D eigenvalue weighted by Gasteiger charge is -2.27. The van der Waals surface area contributed by atoms with Gasteiger partial charge in [0.1, 0.15) is 0 Å². The summed E-state index contributed by atoms with van der Waals surface area (Å²) < 4.78 is 4.84. The van der Waals surface area contributed by atoms with Gasteiger partial charge in [0.2, 0.25) is 0 Å². The minimum absolute atomic E-state index is 1.01. The minimum atomic E-state index is 1.01. The summed E-state index contributed by atoms with van der Waals surface area (Å²) in [5, 5.41) is 4.93. The van der Waals surface area contributed by atoms with Crippen LogP contribution < -0.4 is 9.80 Å². The van der Waals surface area contributed by atoms with Gasteiger partial charge < -0.3 is 18.9 Å². The second-order valence-corrected chi connectivity index (χ2v) is 19.7. The molecule has 1 aliphatic carbocycles. The van der Waals surface area contributed by atoms with Crippen LogP contribution in [0.4, 0.5) is 34.1 Å². The molecule has 14 rings (SSSR count). The van der Waals surface area contributed by atoms with Crippen molar-refractivity contribution in [1.82, 2.24) is 9.13 Å². The Bertz CT molecular complexity index is 4320. The van der Waals surface area contributed by atoms with Gasteiger partial charge in [0.25, 0.3) is 0 Å². The molecule has 0 radical (unpaired) electrons. The summed E-state index contributed by atoms with van der Waals surface area (Å²) in [5.41, 5.74) is 20.9. The molecule has 0 amide bonds. The number of para-hydroxylation sites is 3. The van der Waals surface area contributed by atoms with Crippen molar-refractivity contribution in [2.45, 2.75) is 12.8 Å². The van der Waals surface area contributed by atoms with Crippen LogP contribution in [-0.4, -0.2) is 9.13 Å². The number of fused-ring (bicyclic) bond motifs is 6. The zero-order valence-corrected chi connectivity index (χ0v) is 41.9. The van der Waals surface area contributed by atoms with E-state index in [1.54, 1.807) is 0 Å². The van der Waals surface area contributed by atoms with Crippen LogP contribution in [0, 0.1) is 0 Å². The smallest absolute Gasteiger partial charge is 0.0542 e. The number of anilines is 6. The van der Waals surface area contributed by atoms with Gasteiger partial charge in [-0.15, -0.1) is 0 Å². The van der Waals surface area contributed by atoms with E-state index in [0.717, 1.165) is 63.8 Å². The molecule has 0 saturated heterocycles. The van der Waals surface area contributed by atoms with Crippen LogP contribution in [0.25, 0.3) is 88.4 Å². The summed E-state index contributed by atoms with van der Waals surface area (Å²) in [4.78, 5) is 4.80. The molecule has 0 atom stereocenters. The van der Waals surface area contributed by atoms with Crippen molar-refractivity contribution in [2.24, 2.45) is 0 Å². The second kappa shape index (κ2) is 19.2. The molecular weight excluding hydrogens is 921 g/mol. The van der Waals surface area contributed by atoms with E-state index >= 15 is 0 Å². The van der Waals surface area contributed by atoms with Gasteiger partial charge in [0.05, 0.1) is 22.1 Å². The number of hydrogen-bond acceptors (Lipinski definition) is 2. The van der Waals surface area contributed by atoms with Crippen LogP contribution >= 0.6 is 0 Å². The maximum Gasteiger partial charge on any atom is 0.0542 e. The zero-order chi connectivity index (χ0) is 50.4. The molecule has 11 aromatic carbocycles. The fourth-order valence-electron chi connectivity index (χ4n) is 11.6. The third-order valence-corrected chi connectivity index (χ3v) is 15.1. The summed E-state index contributed by atoms with van der Waals surface area (Å²) in [6.45, 7) is 0. The Hall–Kier alpha value is -9.90. The van der Waals surface area contributed by atoms with Gasteiger partial charge in [0.15, 0.2) is 0 Å². The van der Waals surface area contributed by atoms with Gasteiger partial charge in [-0.1, -0.05) is 176 Å². The molecule has 13 aromatic rings. The van der Waals surface area contributed by atoms with E-state index in [9.17, 15) is 0 Å². The lowest BCUT2D eigenvalue weighted by atomic mass is 10.0. The second-order valence-electron chi connectivity index (χ2n) is 19.7. The first-order valence-electron chi connectivity index (χ1n) is 26.3. The summed E-state index contributed by atoms with van der Waals surface area (Å²) in [5.74, 6) is 0. The highest BCUT2D eigenvalue weighted by atomic mass is 15.1. The third kappa shape index (κ3) is 8.05. The first kappa shape index (κ1) is 44.8. The van der Waals surface area contributed by atoms with Gasteiger partial charge in [-0.3, -0.25) is 0 Å². The van der Waals surface area contributed by atoms with Crippen molar-refractivity contribution in [3.8, 4) is 39.1 Å². The SMILES string of the molecule is C1=CCCC(n2c3ccccc3c3cc(N(c4ccc(-c5ccc(N(c6cccc(-c7ccccc7)c6)c6ccc7c(c6)c6ccccc6n7-c6ccccc6)cc5)cc4)c4cccc(-c5ccccc5)c4)ccc32)=C1. The van der Waals surface area contributed by atoms with Gasteiger partial charge in [-0.25, -0.2) is 0 Å². The maximum absolute atomic E-state index is 2.46. The predicted molar refractivity (Wildman–Crippen MR) is 322 cm³/mol. The van der Waals surface area contributed by atoms with Crippen LogP contribution in [-0.2, 0) is 0 Å². The van der Waals surface area contributed by atoms with Crippen LogP contribution in [0.1, 0.15) is 12.8 Å². The molecule has 4 heteroatoms. The van der Waals surface area contributed by atoms with Gasteiger partial charge in [-0.2, -0.15) is 0 Å². The molecule has 0 spiro atoms. The highest BCUT2D eigenvalue weighted by Gasteiger charge is 2.21. The molecule has 0 fully saturated rings. The van der Waals surface area contributed by atoms with Crippen LogP contribution in [0.2, 0.25) is 0 Å². The third-order valence-electron chi connectivity index (χ3n) is 15.1. The van der Waals surface area contributed by atoms with Crippen molar-refractivity contribution >= 4 is 83.4 Å². The monoisotopic (exact) mass is 972 g/mol. The molecule has 0 unspecified atom stereocenters. The molecule has 0 saturated carbocycles. The molecule has 4 nitrogen and oxygen atoms in total. The summed E-state index contributed by atoms with van der Waals surface area (Å²) in [6, 6.07) is 99.5. The van der Waals surface area contributed by atoms with E-state index in [0.29, 0.717) is 0 Å². The van der Waals surface area contributed by atoms with E-state index < -0.39 is 0 Å². The number of rotatable bonds is 11. The molecule has 0 N–H and O–H groups in total. The Morgan fingerprint density at radius 3 is 1.17 bits per heavy atom. The summed E-state index contributed by atoms with van der Waals surface area (Å²) in [6.07, 6.45) is 8.79. The molecule has 2 heterocycles. The largest absolute Gasteiger partial charge is 0.313 e. The Morgan fingerprint density at radius 1 is 0.276 bits per heavy atom. The normalized spacial score (nSPS) is 12.4. The molecule has 1 aliphatic rings. The quantitative estimate of drug-likeness (QED) is 0.128. The highest BCUT2D eigenvalue weighted by molar-refractivity contribution is 6.12. The van der Waals surface area contributed by atoms with Crippen molar-refractivity contribution in [3.05, 3.63) is 291 Å². The molecular formula is C72H52N4. The Balaban J connectivity index is 0.856. The number of benzene rings is 11. The zero-order valence-electron chi connectivity index (χ0n) is 41.9. The predicted octanol–water partition coefficient (Wildman–Crippen LogP) is 20.0. The highest BCUT2D eigenvalue weighted by Crippen LogP contribution is 2.44. The van der Waals surface area contributed by atoms with E-state index in [1.807, 2.05) is 0 Å². The Labute approximate surface area is 443 Å². The Morgan fingerprint density at radius 2 is 0.671 bits per heavy atom. The fraction of sp³-hybridized carbons (Fsp3) is 0.0278. The van der Waals surface area contributed by atoms with E-state index in [-0.39, 0.29) is 0 Å². The van der Waals surface area contributed by atoms with Crippen LogP contribution in [0.5, 0.6) is 0 Å². The first-order chi connectivity index (χ1) is 37.7. The molecule has 2 aromatic heterocycles. The average Bonchev–Trinajstić information content (AvgIpc) is 4.08. The topological polar surface area (TPSA) is 16.3 Å². The van der Waals surface area contributed by atoms with Crippen molar-refractivity contribution in [2.75, 3.05) is 9.80 Å². The van der Waals surface area contributed by atoms with E-state index in [4.69, 9.17) is 0 Å². The van der Waals surface area contributed by atoms with Crippen molar-refractivity contribution in [3.63, 3.8) is 0 Å². The molecule has 360 valence electrons. The lowest BCUT2D eigenvalue weighted by Crippen LogP contribution is -2.10. The van der Waals surface area contributed by atoms with E-state index in [2.05, 4.69) is 310 Å². The van der Waals surface area contributed by atoms with Crippen LogP contribution in [0.15, 0.2) is 291 Å². The van der Waals surface area contributed by atoms with Crippen molar-refractivity contribution in [1.29, 1.82) is 0 Å². The molecule has 0 aliphatic heterocycles. The van der Waals surface area contributed by atoms with Gasteiger partial charge >= 0.3 is 0 Å². The fourth-order valence-corrected chi connectivity index (χ4v) is 11.6. The summed E-state index contributed by atoms with van der Waals surface area (Å²) in [7, 11) is 0. The standard InChI is InChI=1S/C72H52N4/c1-5-19-51(20-6-1)55-23-17-29-61(47-55)73(63-43-45-71-67(49-63)65-31-13-15-33-69(65)75(71)57-25-9-3-10-26-57)59-39-35-53(36-40-59)54-37-41-60(42-38-54)74(62-30-18-24-56(48-62)52-21-7-2-8-22-52)64-44-46-72-68(50-64)66-32-14-16-34-70(66)76(72)58-27-11-4-12-28-58/h1-11,13-27,29-50H,12,28H2. The van der Waals surface area contributed by atoms with E-state index in [1.165, 1.54) is 71.6 Å². The summed E-state index contributed by atoms with van der Waals surface area (Å²) >= 11 is 0. The first-order valence-corrected chi connectivity index (χ1v) is 26.3. The number of nitrogens with zero attached hydrogens (tertiary/aromatic N) is 4. The molecule has 0 bridgehead atoms. The number of hydrogen-bond donors (Lipinski definition) is 0. The lowest BCUT2D eigenvalue weighted by molar-refractivity contribution is 0.979. The van der Waals surface area contributed by atoms with Crippen LogP contribution in [0.3, 0.4) is 0 Å². The maximum atomic E-state index is 2.46. The molecule has 76 heavy (non-hydrogen) atoms. The average molecular weight is 973 g/mol. The van der Waals surface area contributed by atoms with Gasteiger partial charge in [-0.05, 0) is 161 Å². The number of aromatic nitrogens is 2. The van der Waals surface area contributed by atoms with Gasteiger partial charge in [0, 0.05) is 67.1 Å². The van der Waals surface area contributed by atoms with Crippen molar-refractivity contribution < 1.29 is 0 Å².